The molecule has 1 amide bonds. The summed E-state index contributed by atoms with van der Waals surface area (Å²) in [6.07, 6.45) is -0.543. The molecule has 82 valence electrons. The van der Waals surface area contributed by atoms with Gasteiger partial charge in [-0.3, -0.25) is 0 Å². The van der Waals surface area contributed by atoms with Gasteiger partial charge in [0.1, 0.15) is 0 Å². The van der Waals surface area contributed by atoms with Crippen LogP contribution in [0, 0.1) is 6.92 Å². The van der Waals surface area contributed by atoms with Crippen LogP contribution in [-0.4, -0.2) is 23.4 Å². The van der Waals surface area contributed by atoms with Crippen LogP contribution in [-0.2, 0) is 4.74 Å². The Balaban J connectivity index is 2.61. The number of hydrogen-bond donors (Lipinski definition) is 1. The van der Waals surface area contributed by atoms with Gasteiger partial charge in [-0.25, -0.2) is 15.2 Å². The van der Waals surface area contributed by atoms with E-state index in [0.29, 0.717) is 6.61 Å². The largest absolute Gasteiger partial charge is 0.449 e. The number of ether oxygens (including phenoxy) is 1. The minimum Gasteiger partial charge on any atom is -0.449 e. The highest BCUT2D eigenvalue weighted by Gasteiger charge is 2.05. The van der Waals surface area contributed by atoms with Crippen molar-refractivity contribution >= 4 is 23.1 Å². The van der Waals surface area contributed by atoms with Crippen molar-refractivity contribution in [1.29, 1.82) is 0 Å². The van der Waals surface area contributed by atoms with Crippen molar-refractivity contribution < 1.29 is 9.53 Å². The number of nitrogens with one attached hydrogen (secondary N) is 1. The number of thiazole rings is 1. The van der Waals surface area contributed by atoms with Gasteiger partial charge in [-0.1, -0.05) is 0 Å². The van der Waals surface area contributed by atoms with E-state index in [1.54, 1.807) is 12.4 Å². The molecular formula is C9H13N3O2S. The molecule has 0 unspecified atom stereocenters. The van der Waals surface area contributed by atoms with E-state index < -0.39 is 6.09 Å². The standard InChI is InChI=1S/C9H13N3O2S/c1-4-14-9(13)12-11-7(3)8-6(2)10-5-15-8/h5H,4H2,1-3H3,(H,12,13)/b11-7+. The summed E-state index contributed by atoms with van der Waals surface area (Å²) in [5.41, 5.74) is 5.68. The molecule has 0 bridgehead atoms. The molecule has 0 atom stereocenters. The number of aromatic nitrogens is 1. The fourth-order valence-electron chi connectivity index (χ4n) is 0.993. The van der Waals surface area contributed by atoms with Gasteiger partial charge in [-0.2, -0.15) is 5.10 Å². The number of aryl methyl sites for hydroxylation is 1. The van der Waals surface area contributed by atoms with Gasteiger partial charge >= 0.3 is 6.09 Å². The van der Waals surface area contributed by atoms with Crippen LogP contribution < -0.4 is 5.43 Å². The van der Waals surface area contributed by atoms with Crippen LogP contribution >= 0.6 is 11.3 Å². The molecule has 15 heavy (non-hydrogen) atoms. The van der Waals surface area contributed by atoms with E-state index in [4.69, 9.17) is 0 Å². The minimum absolute atomic E-state index is 0.333. The van der Waals surface area contributed by atoms with Gasteiger partial charge < -0.3 is 4.74 Å². The average molecular weight is 227 g/mol. The smallest absolute Gasteiger partial charge is 0.427 e. The van der Waals surface area contributed by atoms with Crippen molar-refractivity contribution in [2.45, 2.75) is 20.8 Å². The maximum Gasteiger partial charge on any atom is 0.427 e. The fraction of sp³-hybridized carbons (Fsp3) is 0.444. The van der Waals surface area contributed by atoms with Crippen LogP contribution in [0.4, 0.5) is 4.79 Å². The quantitative estimate of drug-likeness (QED) is 0.633. The van der Waals surface area contributed by atoms with E-state index in [0.717, 1.165) is 16.3 Å². The van der Waals surface area contributed by atoms with Crippen molar-refractivity contribution in [2.24, 2.45) is 5.10 Å². The average Bonchev–Trinajstić information content (AvgIpc) is 2.61. The molecule has 0 aliphatic heterocycles. The number of carbonyl (C=O) groups is 1. The normalized spacial score (nSPS) is 11.3. The Morgan fingerprint density at radius 1 is 1.73 bits per heavy atom. The molecular weight excluding hydrogens is 214 g/mol. The zero-order chi connectivity index (χ0) is 11.3. The summed E-state index contributed by atoms with van der Waals surface area (Å²) in [7, 11) is 0. The maximum atomic E-state index is 10.9. The Morgan fingerprint density at radius 2 is 2.47 bits per heavy atom. The lowest BCUT2D eigenvalue weighted by Crippen LogP contribution is -2.20. The molecule has 0 fully saturated rings. The molecule has 1 heterocycles. The van der Waals surface area contributed by atoms with Crippen LogP contribution in [0.2, 0.25) is 0 Å². The Labute approximate surface area is 92.2 Å². The highest BCUT2D eigenvalue weighted by atomic mass is 32.1. The molecule has 0 radical (unpaired) electrons. The van der Waals surface area contributed by atoms with Gasteiger partial charge in [0, 0.05) is 0 Å². The van der Waals surface area contributed by atoms with Crippen molar-refractivity contribution in [3.8, 4) is 0 Å². The van der Waals surface area contributed by atoms with Crippen LogP contribution in [0.5, 0.6) is 0 Å². The lowest BCUT2D eigenvalue weighted by atomic mass is 10.3. The van der Waals surface area contributed by atoms with E-state index in [-0.39, 0.29) is 0 Å². The molecule has 1 N–H and O–H groups in total. The van der Waals surface area contributed by atoms with Gasteiger partial charge in [0.05, 0.1) is 28.4 Å². The van der Waals surface area contributed by atoms with E-state index in [1.807, 2.05) is 13.8 Å². The van der Waals surface area contributed by atoms with E-state index in [2.05, 4.69) is 20.2 Å². The first-order valence-corrected chi connectivity index (χ1v) is 5.40. The minimum atomic E-state index is -0.543. The number of carbonyl (C=O) groups excluding carboxylic acids is 1. The topological polar surface area (TPSA) is 63.6 Å². The monoisotopic (exact) mass is 227 g/mol. The van der Waals surface area contributed by atoms with Gasteiger partial charge in [0.2, 0.25) is 0 Å². The maximum absolute atomic E-state index is 10.9. The van der Waals surface area contributed by atoms with Crippen LogP contribution in [0.15, 0.2) is 10.6 Å². The molecule has 1 aromatic rings. The van der Waals surface area contributed by atoms with Gasteiger partial charge in [-0.15, -0.1) is 11.3 Å². The molecule has 0 aliphatic carbocycles. The predicted molar refractivity (Wildman–Crippen MR) is 59.2 cm³/mol. The fourth-order valence-corrected chi connectivity index (χ4v) is 1.75. The summed E-state index contributed by atoms with van der Waals surface area (Å²) in [4.78, 5) is 16.0. The second kappa shape index (κ2) is 5.45. The first-order chi connectivity index (χ1) is 7.15. The van der Waals surface area contributed by atoms with E-state index >= 15 is 0 Å². The first-order valence-electron chi connectivity index (χ1n) is 4.52. The zero-order valence-electron chi connectivity index (χ0n) is 8.90. The Kier molecular flexibility index (Phi) is 4.23. The van der Waals surface area contributed by atoms with E-state index in [9.17, 15) is 4.79 Å². The SMILES string of the molecule is CCOC(=O)N/N=C(\C)c1scnc1C. The Bertz CT molecular complexity index is 373. The van der Waals surface area contributed by atoms with Crippen LogP contribution in [0.1, 0.15) is 24.4 Å². The van der Waals surface area contributed by atoms with Crippen molar-refractivity contribution in [3.63, 3.8) is 0 Å². The van der Waals surface area contributed by atoms with Gasteiger partial charge in [0.15, 0.2) is 0 Å². The summed E-state index contributed by atoms with van der Waals surface area (Å²) in [5.74, 6) is 0. The summed E-state index contributed by atoms with van der Waals surface area (Å²) in [6.45, 7) is 5.78. The summed E-state index contributed by atoms with van der Waals surface area (Å²) in [5, 5.41) is 3.91. The molecule has 5 nitrogen and oxygen atoms in total. The zero-order valence-corrected chi connectivity index (χ0v) is 9.72. The van der Waals surface area contributed by atoms with Crippen LogP contribution in [0.25, 0.3) is 0 Å². The van der Waals surface area contributed by atoms with Gasteiger partial charge in [-0.05, 0) is 20.8 Å². The second-order valence-electron chi connectivity index (χ2n) is 2.80. The highest BCUT2D eigenvalue weighted by Crippen LogP contribution is 2.12. The van der Waals surface area contributed by atoms with Crippen molar-refractivity contribution in [3.05, 3.63) is 16.1 Å². The number of hydrogen-bond acceptors (Lipinski definition) is 5. The molecule has 0 saturated carbocycles. The number of nitrogens with zero attached hydrogens (tertiary/aromatic N) is 2. The van der Waals surface area contributed by atoms with Gasteiger partial charge in [0.25, 0.3) is 0 Å². The molecule has 1 aromatic heterocycles. The predicted octanol–water partition coefficient (Wildman–Crippen LogP) is 1.92. The third-order valence-electron chi connectivity index (χ3n) is 1.66. The third-order valence-corrected chi connectivity index (χ3v) is 2.70. The highest BCUT2D eigenvalue weighted by molar-refractivity contribution is 7.12. The molecule has 1 rings (SSSR count). The lowest BCUT2D eigenvalue weighted by Gasteiger charge is -2.01. The Morgan fingerprint density at radius 3 is 3.00 bits per heavy atom. The molecule has 0 spiro atoms. The summed E-state index contributed by atoms with van der Waals surface area (Å²) in [6, 6.07) is 0. The molecule has 0 aromatic carbocycles. The Hall–Kier alpha value is -1.43. The summed E-state index contributed by atoms with van der Waals surface area (Å²) >= 11 is 1.49. The third kappa shape index (κ3) is 3.32. The second-order valence-corrected chi connectivity index (χ2v) is 3.65. The lowest BCUT2D eigenvalue weighted by molar-refractivity contribution is 0.152. The molecule has 0 saturated heterocycles. The number of amides is 1. The van der Waals surface area contributed by atoms with Crippen LogP contribution in [0.3, 0.4) is 0 Å². The number of rotatable bonds is 3. The van der Waals surface area contributed by atoms with Crippen molar-refractivity contribution in [2.75, 3.05) is 6.61 Å². The molecule has 6 heteroatoms. The molecule has 0 aliphatic rings. The summed E-state index contributed by atoms with van der Waals surface area (Å²) < 4.78 is 4.67. The number of hydrazone groups is 1. The first kappa shape index (κ1) is 11.6. The van der Waals surface area contributed by atoms with Crippen molar-refractivity contribution in [1.82, 2.24) is 10.4 Å². The van der Waals surface area contributed by atoms with E-state index in [1.165, 1.54) is 11.3 Å².